The number of ether oxygens (including phenoxy) is 2. The topological polar surface area (TPSA) is 76.1 Å². The summed E-state index contributed by atoms with van der Waals surface area (Å²) in [5, 5.41) is 10.7. The third-order valence-corrected chi connectivity index (χ3v) is 6.83. The van der Waals surface area contributed by atoms with Gasteiger partial charge in [0.2, 0.25) is 5.91 Å². The lowest BCUT2D eigenvalue weighted by Crippen LogP contribution is -2.53. The van der Waals surface area contributed by atoms with E-state index in [1.807, 2.05) is 54.3 Å². The average molecular weight is 508 g/mol. The second-order valence-electron chi connectivity index (χ2n) is 8.56. The highest BCUT2D eigenvalue weighted by Gasteiger charge is 2.46. The Morgan fingerprint density at radius 1 is 1.12 bits per heavy atom. The molecule has 2 aromatic carbocycles. The van der Waals surface area contributed by atoms with Crippen LogP contribution in [0.4, 0.5) is 0 Å². The van der Waals surface area contributed by atoms with Gasteiger partial charge in [-0.15, -0.1) is 0 Å². The van der Waals surface area contributed by atoms with E-state index in [9.17, 15) is 14.7 Å². The third-order valence-electron chi connectivity index (χ3n) is 6.34. The molecule has 34 heavy (non-hydrogen) atoms. The van der Waals surface area contributed by atoms with E-state index in [1.165, 1.54) is 0 Å². The predicted molar refractivity (Wildman–Crippen MR) is 132 cm³/mol. The van der Waals surface area contributed by atoms with Crippen molar-refractivity contribution in [1.29, 1.82) is 0 Å². The number of hydrogen-bond acceptors (Lipinski definition) is 4. The van der Waals surface area contributed by atoms with E-state index in [0.717, 1.165) is 11.1 Å². The lowest BCUT2D eigenvalue weighted by atomic mass is 9.74. The van der Waals surface area contributed by atoms with Crippen LogP contribution in [-0.4, -0.2) is 54.9 Å². The Morgan fingerprint density at radius 3 is 2.47 bits per heavy atom. The molecule has 6 nitrogen and oxygen atoms in total. The highest BCUT2D eigenvalue weighted by molar-refractivity contribution is 6.30. The standard InChI is InChI=1S/C26H31Cl2NO5/c1-3-22(16-34-12-11-33-2)29-25(17-7-9-20(27)10-8-17)23(18-5-4-6-21(28)13-18)14-19(26(29)32)15-24(30)31/h4-10,13,19,22-23,25H,3,11-12,14-16H2,1-2H3,(H,30,31)/t19-,22-,23+,25+/m0/s1. The van der Waals surface area contributed by atoms with Crippen LogP contribution in [0.3, 0.4) is 0 Å². The Balaban J connectivity index is 2.09. The number of halogens is 2. The summed E-state index contributed by atoms with van der Waals surface area (Å²) in [5.41, 5.74) is 1.90. The van der Waals surface area contributed by atoms with Gasteiger partial charge in [0, 0.05) is 29.0 Å². The fraction of sp³-hybridized carbons (Fsp3) is 0.462. The van der Waals surface area contributed by atoms with Crippen molar-refractivity contribution in [2.45, 2.75) is 44.2 Å². The molecule has 184 valence electrons. The van der Waals surface area contributed by atoms with E-state index >= 15 is 0 Å². The van der Waals surface area contributed by atoms with Crippen molar-refractivity contribution in [2.24, 2.45) is 5.92 Å². The van der Waals surface area contributed by atoms with E-state index in [1.54, 1.807) is 13.2 Å². The van der Waals surface area contributed by atoms with Crippen LogP contribution in [0.15, 0.2) is 48.5 Å². The van der Waals surface area contributed by atoms with E-state index in [0.29, 0.717) is 42.7 Å². The monoisotopic (exact) mass is 507 g/mol. The molecule has 8 heteroatoms. The van der Waals surface area contributed by atoms with Crippen molar-refractivity contribution in [2.75, 3.05) is 26.9 Å². The van der Waals surface area contributed by atoms with Gasteiger partial charge in [0.05, 0.1) is 38.3 Å². The molecule has 0 radical (unpaired) electrons. The number of hydrogen-bond donors (Lipinski definition) is 1. The minimum Gasteiger partial charge on any atom is -0.481 e. The lowest BCUT2D eigenvalue weighted by molar-refractivity contribution is -0.154. The maximum absolute atomic E-state index is 13.8. The average Bonchev–Trinajstić information content (AvgIpc) is 2.81. The summed E-state index contributed by atoms with van der Waals surface area (Å²) in [4.78, 5) is 27.3. The van der Waals surface area contributed by atoms with Gasteiger partial charge in [-0.3, -0.25) is 9.59 Å². The zero-order valence-electron chi connectivity index (χ0n) is 19.5. The molecule has 0 saturated carbocycles. The number of aliphatic carboxylic acids is 1. The number of likely N-dealkylation sites (tertiary alicyclic amines) is 1. The van der Waals surface area contributed by atoms with Crippen molar-refractivity contribution in [3.63, 3.8) is 0 Å². The molecule has 0 aliphatic carbocycles. The van der Waals surface area contributed by atoms with Gasteiger partial charge in [0.15, 0.2) is 0 Å². The smallest absolute Gasteiger partial charge is 0.304 e. The van der Waals surface area contributed by atoms with Crippen molar-refractivity contribution in [3.8, 4) is 0 Å². The van der Waals surface area contributed by atoms with Gasteiger partial charge in [-0.25, -0.2) is 0 Å². The molecule has 0 unspecified atom stereocenters. The zero-order valence-corrected chi connectivity index (χ0v) is 21.0. The molecule has 0 spiro atoms. The van der Waals surface area contributed by atoms with Gasteiger partial charge in [-0.05, 0) is 48.2 Å². The predicted octanol–water partition coefficient (Wildman–Crippen LogP) is 5.58. The first-order valence-corrected chi connectivity index (χ1v) is 12.2. The molecule has 1 fully saturated rings. The largest absolute Gasteiger partial charge is 0.481 e. The number of carbonyl (C=O) groups is 2. The van der Waals surface area contributed by atoms with Crippen molar-refractivity contribution in [1.82, 2.24) is 4.90 Å². The lowest BCUT2D eigenvalue weighted by Gasteiger charge is -2.48. The molecule has 0 aromatic heterocycles. The van der Waals surface area contributed by atoms with E-state index < -0.39 is 11.9 Å². The Kier molecular flexibility index (Phi) is 9.77. The van der Waals surface area contributed by atoms with Gasteiger partial charge < -0.3 is 19.5 Å². The summed E-state index contributed by atoms with van der Waals surface area (Å²) >= 11 is 12.5. The Bertz CT molecular complexity index is 968. The fourth-order valence-corrected chi connectivity index (χ4v) is 5.06. The molecule has 0 bridgehead atoms. The van der Waals surface area contributed by atoms with Gasteiger partial charge in [-0.1, -0.05) is 54.4 Å². The van der Waals surface area contributed by atoms with Crippen LogP contribution in [0.25, 0.3) is 0 Å². The number of carboxylic acid groups (broad SMARTS) is 1. The number of benzene rings is 2. The normalized spacial score (nSPS) is 21.5. The number of amides is 1. The Morgan fingerprint density at radius 2 is 1.85 bits per heavy atom. The first-order valence-electron chi connectivity index (χ1n) is 11.5. The molecule has 1 saturated heterocycles. The minimum atomic E-state index is -0.988. The summed E-state index contributed by atoms with van der Waals surface area (Å²) < 4.78 is 10.9. The number of carbonyl (C=O) groups excluding carboxylic acids is 1. The van der Waals surface area contributed by atoms with Gasteiger partial charge in [-0.2, -0.15) is 0 Å². The van der Waals surface area contributed by atoms with Gasteiger partial charge in [0.1, 0.15) is 0 Å². The Labute approximate surface area is 210 Å². The van der Waals surface area contributed by atoms with Gasteiger partial charge >= 0.3 is 5.97 Å². The maximum atomic E-state index is 13.8. The molecule has 4 atom stereocenters. The van der Waals surface area contributed by atoms with E-state index in [4.69, 9.17) is 32.7 Å². The number of nitrogens with zero attached hydrogens (tertiary/aromatic N) is 1. The summed E-state index contributed by atoms with van der Waals surface area (Å²) in [6.07, 6.45) is 0.849. The van der Waals surface area contributed by atoms with Crippen molar-refractivity contribution >= 4 is 35.1 Å². The second kappa shape index (κ2) is 12.5. The minimum absolute atomic E-state index is 0.144. The van der Waals surface area contributed by atoms with Crippen LogP contribution in [0.1, 0.15) is 49.3 Å². The quantitative estimate of drug-likeness (QED) is 0.401. The molecule has 1 aliphatic heterocycles. The summed E-state index contributed by atoms with van der Waals surface area (Å²) in [6, 6.07) is 14.5. The number of methoxy groups -OCH3 is 1. The summed E-state index contributed by atoms with van der Waals surface area (Å²) in [6.45, 7) is 3.21. The highest BCUT2D eigenvalue weighted by Crippen LogP contribution is 2.47. The molecular weight excluding hydrogens is 477 g/mol. The molecular formula is C26H31Cl2NO5. The van der Waals surface area contributed by atoms with Crippen LogP contribution in [-0.2, 0) is 19.1 Å². The number of carboxylic acids is 1. The molecule has 1 aliphatic rings. The SMILES string of the molecule is CC[C@@H](COCCOC)N1C(=O)[C@H](CC(=O)O)C[C@H](c2cccc(Cl)c2)[C@H]1c1ccc(Cl)cc1. The zero-order chi connectivity index (χ0) is 24.7. The molecule has 1 heterocycles. The fourth-order valence-electron chi connectivity index (χ4n) is 4.73. The van der Waals surface area contributed by atoms with Crippen LogP contribution in [0.5, 0.6) is 0 Å². The number of piperidine rings is 1. The second-order valence-corrected chi connectivity index (χ2v) is 9.44. The molecule has 3 rings (SSSR count). The Hall–Kier alpha value is -2.12. The van der Waals surface area contributed by atoms with E-state index in [2.05, 4.69) is 0 Å². The number of rotatable bonds is 11. The summed E-state index contributed by atoms with van der Waals surface area (Å²) in [7, 11) is 1.61. The molecule has 1 N–H and O–H groups in total. The van der Waals surface area contributed by atoms with Crippen molar-refractivity contribution in [3.05, 3.63) is 69.7 Å². The highest BCUT2D eigenvalue weighted by atomic mass is 35.5. The van der Waals surface area contributed by atoms with Crippen LogP contribution in [0, 0.1) is 5.92 Å². The van der Waals surface area contributed by atoms with Crippen LogP contribution < -0.4 is 0 Å². The maximum Gasteiger partial charge on any atom is 0.304 e. The third kappa shape index (κ3) is 6.51. The van der Waals surface area contributed by atoms with Crippen molar-refractivity contribution < 1.29 is 24.2 Å². The first kappa shape index (κ1) is 26.5. The summed E-state index contributed by atoms with van der Waals surface area (Å²) in [5.74, 6) is -1.94. The first-order chi connectivity index (χ1) is 16.3. The molecule has 2 aromatic rings. The van der Waals surface area contributed by atoms with Crippen LogP contribution >= 0.6 is 23.2 Å². The van der Waals surface area contributed by atoms with Gasteiger partial charge in [0.25, 0.3) is 0 Å². The van der Waals surface area contributed by atoms with Crippen LogP contribution in [0.2, 0.25) is 10.0 Å². The molecule has 1 amide bonds. The van der Waals surface area contributed by atoms with E-state index in [-0.39, 0.29) is 30.3 Å².